The Morgan fingerprint density at radius 1 is 1.14 bits per heavy atom. The number of carbonyl (C=O) groups excluding carboxylic acids is 1. The molecular formula is C23H26ClN3O2. The summed E-state index contributed by atoms with van der Waals surface area (Å²) in [4.78, 5) is 19.4. The third-order valence-electron chi connectivity index (χ3n) is 5.44. The van der Waals surface area contributed by atoms with Crippen molar-refractivity contribution in [1.29, 1.82) is 0 Å². The second-order valence-corrected chi connectivity index (χ2v) is 7.94. The maximum absolute atomic E-state index is 12.5. The van der Waals surface area contributed by atoms with Gasteiger partial charge in [0.25, 0.3) is 0 Å². The van der Waals surface area contributed by atoms with Crippen LogP contribution in [0.4, 0.5) is 0 Å². The van der Waals surface area contributed by atoms with Gasteiger partial charge >= 0.3 is 0 Å². The standard InChI is InChI=1S/C23H26ClN3O2/c1-2-3-12-26-16-17(15-22(26)28)23-25-20-6-4-5-7-21(20)27(23)13-14-29-19-10-8-18(24)9-11-19/h4-11,17H,2-3,12-16H2,1H3/t17-/m1/s1. The number of carbonyl (C=O) groups is 1. The van der Waals surface area contributed by atoms with Crippen molar-refractivity contribution < 1.29 is 9.53 Å². The molecule has 2 aromatic carbocycles. The molecule has 0 spiro atoms. The Labute approximate surface area is 176 Å². The van der Waals surface area contributed by atoms with Crippen LogP contribution in [0.5, 0.6) is 5.75 Å². The van der Waals surface area contributed by atoms with Crippen molar-refractivity contribution in [3.8, 4) is 5.75 Å². The average Bonchev–Trinajstić information content (AvgIpc) is 3.28. The SMILES string of the molecule is CCCCN1C[C@H](c2nc3ccccc3n2CCOc2ccc(Cl)cc2)CC1=O. The van der Waals surface area contributed by atoms with Crippen LogP contribution in [0.1, 0.15) is 37.9 Å². The van der Waals surface area contributed by atoms with Crippen molar-refractivity contribution in [1.82, 2.24) is 14.5 Å². The Morgan fingerprint density at radius 3 is 2.72 bits per heavy atom. The second kappa shape index (κ2) is 8.87. The van der Waals surface area contributed by atoms with E-state index >= 15 is 0 Å². The predicted octanol–water partition coefficient (Wildman–Crippen LogP) is 4.88. The number of amides is 1. The summed E-state index contributed by atoms with van der Waals surface area (Å²) in [5.74, 6) is 2.14. The number of hydrogen-bond donors (Lipinski definition) is 0. The van der Waals surface area contributed by atoms with Gasteiger partial charge in [-0.2, -0.15) is 0 Å². The lowest BCUT2D eigenvalue weighted by Crippen LogP contribution is -2.26. The van der Waals surface area contributed by atoms with Gasteiger partial charge in [-0.05, 0) is 42.8 Å². The van der Waals surface area contributed by atoms with Crippen LogP contribution in [0.3, 0.4) is 0 Å². The zero-order valence-electron chi connectivity index (χ0n) is 16.7. The van der Waals surface area contributed by atoms with Gasteiger partial charge in [-0.25, -0.2) is 4.98 Å². The molecule has 1 aliphatic rings. The summed E-state index contributed by atoms with van der Waals surface area (Å²) in [5.41, 5.74) is 2.05. The Kier molecular flexibility index (Phi) is 6.05. The fraction of sp³-hybridized carbons (Fsp3) is 0.391. The molecule has 29 heavy (non-hydrogen) atoms. The number of imidazole rings is 1. The highest BCUT2D eigenvalue weighted by molar-refractivity contribution is 6.30. The molecule has 5 nitrogen and oxygen atoms in total. The summed E-state index contributed by atoms with van der Waals surface area (Å²) < 4.78 is 8.13. The zero-order valence-corrected chi connectivity index (χ0v) is 17.4. The van der Waals surface area contributed by atoms with Gasteiger partial charge in [0.2, 0.25) is 5.91 Å². The third kappa shape index (κ3) is 4.40. The molecule has 0 aliphatic carbocycles. The second-order valence-electron chi connectivity index (χ2n) is 7.51. The van der Waals surface area contributed by atoms with Gasteiger partial charge in [0.15, 0.2) is 0 Å². The summed E-state index contributed by atoms with van der Waals surface area (Å²) in [6.07, 6.45) is 2.67. The molecule has 1 fully saturated rings. The number of nitrogens with zero attached hydrogens (tertiary/aromatic N) is 3. The fourth-order valence-corrected chi connectivity index (χ4v) is 4.06. The van der Waals surface area contributed by atoms with E-state index in [1.165, 1.54) is 0 Å². The van der Waals surface area contributed by atoms with Crippen LogP contribution in [-0.4, -0.2) is 40.1 Å². The molecular weight excluding hydrogens is 386 g/mol. The highest BCUT2D eigenvalue weighted by atomic mass is 35.5. The first-order valence-electron chi connectivity index (χ1n) is 10.3. The molecule has 0 unspecified atom stereocenters. The molecule has 0 radical (unpaired) electrons. The number of unbranched alkanes of at least 4 members (excludes halogenated alkanes) is 1. The summed E-state index contributed by atoms with van der Waals surface area (Å²) in [5, 5.41) is 0.693. The number of ether oxygens (including phenoxy) is 1. The summed E-state index contributed by atoms with van der Waals surface area (Å²) in [6, 6.07) is 15.5. The van der Waals surface area contributed by atoms with Crippen molar-refractivity contribution in [2.24, 2.45) is 0 Å². The summed E-state index contributed by atoms with van der Waals surface area (Å²) >= 11 is 5.94. The lowest BCUT2D eigenvalue weighted by Gasteiger charge is -2.17. The van der Waals surface area contributed by atoms with E-state index in [1.807, 2.05) is 47.4 Å². The van der Waals surface area contributed by atoms with E-state index in [-0.39, 0.29) is 11.8 Å². The summed E-state index contributed by atoms with van der Waals surface area (Å²) in [6.45, 7) is 4.94. The van der Waals surface area contributed by atoms with Crippen molar-refractivity contribution in [3.05, 3.63) is 59.4 Å². The van der Waals surface area contributed by atoms with Gasteiger partial charge in [0.05, 0.1) is 17.6 Å². The maximum Gasteiger partial charge on any atom is 0.223 e. The van der Waals surface area contributed by atoms with Crippen LogP contribution in [0.15, 0.2) is 48.5 Å². The predicted molar refractivity (Wildman–Crippen MR) is 116 cm³/mol. The molecule has 152 valence electrons. The summed E-state index contributed by atoms with van der Waals surface area (Å²) in [7, 11) is 0. The number of aromatic nitrogens is 2. The van der Waals surface area contributed by atoms with Crippen LogP contribution in [0.2, 0.25) is 5.02 Å². The van der Waals surface area contributed by atoms with E-state index in [0.717, 1.165) is 48.5 Å². The largest absolute Gasteiger partial charge is 0.492 e. The molecule has 3 aromatic rings. The van der Waals surface area contributed by atoms with Crippen LogP contribution in [0.25, 0.3) is 11.0 Å². The molecule has 1 aliphatic heterocycles. The van der Waals surface area contributed by atoms with Gasteiger partial charge in [-0.15, -0.1) is 0 Å². The Balaban J connectivity index is 1.53. The maximum atomic E-state index is 12.5. The van der Waals surface area contributed by atoms with E-state index in [1.54, 1.807) is 0 Å². The van der Waals surface area contributed by atoms with E-state index in [9.17, 15) is 4.79 Å². The zero-order chi connectivity index (χ0) is 20.2. The van der Waals surface area contributed by atoms with Gasteiger partial charge in [0.1, 0.15) is 18.2 Å². The van der Waals surface area contributed by atoms with Crippen molar-refractivity contribution in [2.45, 2.75) is 38.6 Å². The van der Waals surface area contributed by atoms with E-state index in [0.29, 0.717) is 24.6 Å². The number of likely N-dealkylation sites (tertiary alicyclic amines) is 1. The lowest BCUT2D eigenvalue weighted by molar-refractivity contribution is -0.127. The minimum Gasteiger partial charge on any atom is -0.492 e. The fourth-order valence-electron chi connectivity index (χ4n) is 3.94. The number of benzene rings is 2. The molecule has 0 N–H and O–H groups in total. The topological polar surface area (TPSA) is 47.4 Å². The molecule has 4 rings (SSSR count). The minimum atomic E-state index is 0.127. The van der Waals surface area contributed by atoms with E-state index in [4.69, 9.17) is 21.3 Å². The number of para-hydroxylation sites is 2. The van der Waals surface area contributed by atoms with Gasteiger partial charge in [0, 0.05) is 30.5 Å². The Hall–Kier alpha value is -2.53. The molecule has 1 aromatic heterocycles. The molecule has 6 heteroatoms. The quantitative estimate of drug-likeness (QED) is 0.530. The van der Waals surface area contributed by atoms with E-state index in [2.05, 4.69) is 17.6 Å². The van der Waals surface area contributed by atoms with Crippen LogP contribution in [0, 0.1) is 0 Å². The van der Waals surface area contributed by atoms with Crippen molar-refractivity contribution in [2.75, 3.05) is 19.7 Å². The molecule has 0 saturated carbocycles. The molecule has 1 saturated heterocycles. The number of fused-ring (bicyclic) bond motifs is 1. The van der Waals surface area contributed by atoms with Gasteiger partial charge in [-0.1, -0.05) is 37.1 Å². The Bertz CT molecular complexity index is 983. The molecule has 1 atom stereocenters. The number of hydrogen-bond acceptors (Lipinski definition) is 3. The first-order valence-corrected chi connectivity index (χ1v) is 10.6. The monoisotopic (exact) mass is 411 g/mol. The highest BCUT2D eigenvalue weighted by Crippen LogP contribution is 2.30. The average molecular weight is 412 g/mol. The first-order chi connectivity index (χ1) is 14.2. The first kappa shape index (κ1) is 19.8. The smallest absolute Gasteiger partial charge is 0.223 e. The van der Waals surface area contributed by atoms with Crippen molar-refractivity contribution >= 4 is 28.5 Å². The third-order valence-corrected chi connectivity index (χ3v) is 5.69. The van der Waals surface area contributed by atoms with E-state index < -0.39 is 0 Å². The highest BCUT2D eigenvalue weighted by Gasteiger charge is 2.33. The number of halogens is 1. The van der Waals surface area contributed by atoms with Crippen LogP contribution < -0.4 is 4.74 Å². The Morgan fingerprint density at radius 2 is 1.93 bits per heavy atom. The molecule has 2 heterocycles. The number of rotatable bonds is 8. The van der Waals surface area contributed by atoms with Gasteiger partial charge < -0.3 is 14.2 Å². The van der Waals surface area contributed by atoms with Crippen molar-refractivity contribution in [3.63, 3.8) is 0 Å². The lowest BCUT2D eigenvalue weighted by atomic mass is 10.1. The minimum absolute atomic E-state index is 0.127. The van der Waals surface area contributed by atoms with Crippen LogP contribution in [-0.2, 0) is 11.3 Å². The molecule has 0 bridgehead atoms. The van der Waals surface area contributed by atoms with Crippen LogP contribution >= 0.6 is 11.6 Å². The molecule has 1 amide bonds. The normalized spacial score (nSPS) is 16.7. The van der Waals surface area contributed by atoms with Gasteiger partial charge in [-0.3, -0.25) is 4.79 Å².